The molecule has 1 aliphatic rings. The summed E-state index contributed by atoms with van der Waals surface area (Å²) in [6.07, 6.45) is 2.72. The van der Waals surface area contributed by atoms with Crippen molar-refractivity contribution in [1.29, 1.82) is 0 Å². The summed E-state index contributed by atoms with van der Waals surface area (Å²) in [5.41, 5.74) is 4.91. The van der Waals surface area contributed by atoms with Crippen LogP contribution in [0.1, 0.15) is 29.8 Å². The van der Waals surface area contributed by atoms with E-state index in [4.69, 9.17) is 5.10 Å². The lowest BCUT2D eigenvalue weighted by molar-refractivity contribution is -0.130. The van der Waals surface area contributed by atoms with E-state index in [2.05, 4.69) is 22.6 Å². The Bertz CT molecular complexity index is 1160. The number of thiophene rings is 2. The summed E-state index contributed by atoms with van der Waals surface area (Å²) < 4.78 is 1.89. The zero-order valence-corrected chi connectivity index (χ0v) is 17.4. The molecule has 4 heterocycles. The predicted octanol–water partition coefficient (Wildman–Crippen LogP) is 5.36. The van der Waals surface area contributed by atoms with Crippen LogP contribution in [-0.2, 0) is 4.79 Å². The van der Waals surface area contributed by atoms with E-state index in [1.165, 1.54) is 0 Å². The second kappa shape index (κ2) is 7.42. The van der Waals surface area contributed by atoms with Gasteiger partial charge in [-0.2, -0.15) is 21.5 Å². The Kier molecular flexibility index (Phi) is 4.61. The molecular formula is C22H18N4OS2. The molecule has 0 unspecified atom stereocenters. The number of para-hydroxylation sites is 1. The van der Waals surface area contributed by atoms with Gasteiger partial charge in [0.25, 0.3) is 0 Å². The maximum absolute atomic E-state index is 12.4. The zero-order chi connectivity index (χ0) is 19.8. The van der Waals surface area contributed by atoms with E-state index >= 15 is 0 Å². The Morgan fingerprint density at radius 2 is 1.97 bits per heavy atom. The van der Waals surface area contributed by atoms with Crippen molar-refractivity contribution in [2.24, 2.45) is 5.10 Å². The molecule has 0 aliphatic carbocycles. The van der Waals surface area contributed by atoms with Crippen LogP contribution in [0.3, 0.4) is 0 Å². The molecule has 1 aliphatic heterocycles. The number of benzene rings is 1. The van der Waals surface area contributed by atoms with Crippen molar-refractivity contribution in [1.82, 2.24) is 14.8 Å². The quantitative estimate of drug-likeness (QED) is 0.448. The number of hydrogen-bond donors (Lipinski definition) is 0. The van der Waals surface area contributed by atoms with Gasteiger partial charge in [-0.25, -0.2) is 9.69 Å². The van der Waals surface area contributed by atoms with E-state index in [1.807, 2.05) is 58.0 Å². The molecule has 29 heavy (non-hydrogen) atoms. The third-order valence-electron chi connectivity index (χ3n) is 4.96. The molecule has 144 valence electrons. The molecule has 0 spiro atoms. The van der Waals surface area contributed by atoms with Crippen LogP contribution in [-0.4, -0.2) is 26.4 Å². The van der Waals surface area contributed by atoms with Gasteiger partial charge in [0.2, 0.25) is 5.91 Å². The highest BCUT2D eigenvalue weighted by Gasteiger charge is 2.35. The Morgan fingerprint density at radius 3 is 2.66 bits per heavy atom. The van der Waals surface area contributed by atoms with Crippen molar-refractivity contribution in [2.75, 3.05) is 0 Å². The fraction of sp³-hybridized carbons (Fsp3) is 0.136. The Labute approximate surface area is 176 Å². The van der Waals surface area contributed by atoms with Gasteiger partial charge >= 0.3 is 0 Å². The first-order chi connectivity index (χ1) is 14.2. The maximum Gasteiger partial charge on any atom is 0.240 e. The van der Waals surface area contributed by atoms with Crippen LogP contribution in [0.25, 0.3) is 16.9 Å². The fourth-order valence-electron chi connectivity index (χ4n) is 3.60. The largest absolute Gasteiger partial charge is 0.273 e. The SMILES string of the molecule is CC(=O)N1N=C(c2cccs2)C[C@H]1c1cn(-c2ccccc2)nc1-c1ccsc1. The summed E-state index contributed by atoms with van der Waals surface area (Å²) in [7, 11) is 0. The van der Waals surface area contributed by atoms with Crippen molar-refractivity contribution in [2.45, 2.75) is 19.4 Å². The van der Waals surface area contributed by atoms with E-state index in [-0.39, 0.29) is 11.9 Å². The molecule has 0 saturated carbocycles. The van der Waals surface area contributed by atoms with Gasteiger partial charge in [0, 0.05) is 36.0 Å². The lowest BCUT2D eigenvalue weighted by Crippen LogP contribution is -2.24. The average Bonchev–Trinajstić information content (AvgIpc) is 3.54. The molecule has 0 saturated heterocycles. The summed E-state index contributed by atoms with van der Waals surface area (Å²) in [6, 6.07) is 16.0. The van der Waals surface area contributed by atoms with Crippen molar-refractivity contribution in [3.8, 4) is 16.9 Å². The molecule has 1 atom stereocenters. The van der Waals surface area contributed by atoms with Crippen molar-refractivity contribution >= 4 is 34.3 Å². The van der Waals surface area contributed by atoms with Crippen LogP contribution in [0.5, 0.6) is 0 Å². The minimum Gasteiger partial charge on any atom is -0.273 e. The highest BCUT2D eigenvalue weighted by atomic mass is 32.1. The second-order valence-electron chi connectivity index (χ2n) is 6.83. The topological polar surface area (TPSA) is 50.5 Å². The Balaban J connectivity index is 1.61. The number of hydrogen-bond acceptors (Lipinski definition) is 5. The molecule has 5 nitrogen and oxygen atoms in total. The number of aromatic nitrogens is 2. The molecule has 0 bridgehead atoms. The smallest absolute Gasteiger partial charge is 0.240 e. The number of carbonyl (C=O) groups is 1. The fourth-order valence-corrected chi connectivity index (χ4v) is 4.96. The van der Waals surface area contributed by atoms with Crippen LogP contribution in [0, 0.1) is 0 Å². The normalized spacial score (nSPS) is 16.2. The van der Waals surface area contributed by atoms with Gasteiger partial charge in [-0.1, -0.05) is 24.3 Å². The van der Waals surface area contributed by atoms with Gasteiger partial charge in [-0.15, -0.1) is 11.3 Å². The summed E-state index contributed by atoms with van der Waals surface area (Å²) in [5, 5.41) is 17.3. The summed E-state index contributed by atoms with van der Waals surface area (Å²) in [6.45, 7) is 1.57. The minimum absolute atomic E-state index is 0.0646. The van der Waals surface area contributed by atoms with Crippen LogP contribution in [0.4, 0.5) is 0 Å². The van der Waals surface area contributed by atoms with E-state index in [0.717, 1.165) is 33.1 Å². The van der Waals surface area contributed by atoms with E-state index in [0.29, 0.717) is 6.42 Å². The summed E-state index contributed by atoms with van der Waals surface area (Å²) in [5.74, 6) is -0.0646. The van der Waals surface area contributed by atoms with E-state index in [1.54, 1.807) is 34.6 Å². The first kappa shape index (κ1) is 18.0. The number of carbonyl (C=O) groups excluding carboxylic acids is 1. The number of rotatable bonds is 4. The van der Waals surface area contributed by atoms with Gasteiger partial charge in [-0.3, -0.25) is 4.79 Å². The highest BCUT2D eigenvalue weighted by Crippen LogP contribution is 2.39. The van der Waals surface area contributed by atoms with Gasteiger partial charge in [0.05, 0.1) is 28.0 Å². The molecule has 7 heteroatoms. The number of nitrogens with zero attached hydrogens (tertiary/aromatic N) is 4. The minimum atomic E-state index is -0.169. The molecule has 4 aromatic rings. The van der Waals surface area contributed by atoms with E-state index < -0.39 is 0 Å². The number of amides is 1. The summed E-state index contributed by atoms with van der Waals surface area (Å²) in [4.78, 5) is 13.5. The predicted molar refractivity (Wildman–Crippen MR) is 118 cm³/mol. The highest BCUT2D eigenvalue weighted by molar-refractivity contribution is 7.12. The third kappa shape index (κ3) is 3.32. The summed E-state index contributed by atoms with van der Waals surface area (Å²) >= 11 is 3.29. The molecule has 0 N–H and O–H groups in total. The van der Waals surface area contributed by atoms with Crippen LogP contribution in [0.15, 0.2) is 76.0 Å². The Hall–Kier alpha value is -3.03. The first-order valence-corrected chi connectivity index (χ1v) is 11.1. The van der Waals surface area contributed by atoms with Crippen molar-refractivity contribution < 1.29 is 4.79 Å². The monoisotopic (exact) mass is 418 g/mol. The molecule has 0 fully saturated rings. The molecule has 3 aromatic heterocycles. The molecule has 0 radical (unpaired) electrons. The van der Waals surface area contributed by atoms with Gasteiger partial charge in [-0.05, 0) is 35.0 Å². The first-order valence-electron chi connectivity index (χ1n) is 9.29. The lowest BCUT2D eigenvalue weighted by Gasteiger charge is -2.20. The lowest BCUT2D eigenvalue weighted by atomic mass is 9.99. The van der Waals surface area contributed by atoms with Gasteiger partial charge < -0.3 is 0 Å². The Morgan fingerprint density at radius 1 is 1.10 bits per heavy atom. The molecule has 5 rings (SSSR count). The molecular weight excluding hydrogens is 400 g/mol. The average molecular weight is 419 g/mol. The van der Waals surface area contributed by atoms with Gasteiger partial charge in [0.15, 0.2) is 0 Å². The number of hydrazone groups is 1. The maximum atomic E-state index is 12.4. The molecule has 1 aromatic carbocycles. The van der Waals surface area contributed by atoms with E-state index in [9.17, 15) is 4.79 Å². The zero-order valence-electron chi connectivity index (χ0n) is 15.7. The standard InChI is InChI=1S/C22H18N4OS2/c1-15(27)26-20(12-19(23-26)21-8-5-10-29-21)18-13-25(17-6-3-2-4-7-17)24-22(18)16-9-11-28-14-16/h2-11,13-14,20H,12H2,1H3/t20-/m0/s1. The van der Waals surface area contributed by atoms with Crippen LogP contribution >= 0.6 is 22.7 Å². The van der Waals surface area contributed by atoms with Crippen molar-refractivity contribution in [3.05, 3.63) is 81.3 Å². The van der Waals surface area contributed by atoms with Crippen LogP contribution < -0.4 is 0 Å². The van der Waals surface area contributed by atoms with Crippen molar-refractivity contribution in [3.63, 3.8) is 0 Å². The molecule has 1 amide bonds. The van der Waals surface area contributed by atoms with Crippen LogP contribution in [0.2, 0.25) is 0 Å². The van der Waals surface area contributed by atoms with Gasteiger partial charge in [0.1, 0.15) is 0 Å². The third-order valence-corrected chi connectivity index (χ3v) is 6.56. The second-order valence-corrected chi connectivity index (χ2v) is 8.56.